The first-order chi connectivity index (χ1) is 6.59. The summed E-state index contributed by atoms with van der Waals surface area (Å²) in [6, 6.07) is 0. The Kier molecular flexibility index (Phi) is 3.93. The topological polar surface area (TPSA) is 26.3 Å². The third kappa shape index (κ3) is 3.36. The minimum Gasteiger partial charge on any atom is -0.432 e. The maximum atomic E-state index is 10.7. The second-order valence-corrected chi connectivity index (χ2v) is 3.96. The van der Waals surface area contributed by atoms with Crippen molar-refractivity contribution in [1.29, 1.82) is 0 Å². The molecule has 0 radical (unpaired) electrons. The summed E-state index contributed by atoms with van der Waals surface area (Å²) in [6.07, 6.45) is 7.54. The number of esters is 1. The minimum atomic E-state index is -0.269. The summed E-state index contributed by atoms with van der Waals surface area (Å²) in [5, 5.41) is 0. The Hall–Kier alpha value is -1.05. The molecule has 0 aromatic carbocycles. The molecule has 0 bridgehead atoms. The molecule has 14 heavy (non-hydrogen) atoms. The lowest BCUT2D eigenvalue weighted by Gasteiger charge is -2.24. The molecule has 2 heteroatoms. The molecule has 0 amide bonds. The van der Waals surface area contributed by atoms with E-state index in [0.29, 0.717) is 17.6 Å². The SMILES string of the molecule is C=C(C[C@H]1CCC=C[C@H]1C)OC(C)=O. The van der Waals surface area contributed by atoms with Crippen molar-refractivity contribution in [1.82, 2.24) is 0 Å². The molecule has 1 aliphatic carbocycles. The van der Waals surface area contributed by atoms with Crippen LogP contribution in [0.2, 0.25) is 0 Å². The highest BCUT2D eigenvalue weighted by atomic mass is 16.5. The highest BCUT2D eigenvalue weighted by Gasteiger charge is 2.19. The average molecular weight is 194 g/mol. The molecule has 1 aliphatic rings. The fourth-order valence-electron chi connectivity index (χ4n) is 1.87. The molecule has 0 aromatic heterocycles. The Bertz CT molecular complexity index is 253. The van der Waals surface area contributed by atoms with Gasteiger partial charge in [-0.3, -0.25) is 4.79 Å². The minimum absolute atomic E-state index is 0.269. The van der Waals surface area contributed by atoms with Crippen molar-refractivity contribution >= 4 is 5.97 Å². The number of carbonyl (C=O) groups is 1. The molecule has 78 valence electrons. The summed E-state index contributed by atoms with van der Waals surface area (Å²) in [5.74, 6) is 1.47. The number of allylic oxidation sites excluding steroid dienone is 3. The van der Waals surface area contributed by atoms with Crippen LogP contribution < -0.4 is 0 Å². The van der Waals surface area contributed by atoms with E-state index in [1.54, 1.807) is 0 Å². The molecular weight excluding hydrogens is 176 g/mol. The standard InChI is InChI=1S/C12H18O2/c1-9-6-4-5-7-12(9)8-10(2)14-11(3)13/h4,6,9,12H,2,5,7-8H2,1,3H3/t9-,12-/m1/s1. The van der Waals surface area contributed by atoms with Crippen LogP contribution in [-0.4, -0.2) is 5.97 Å². The lowest BCUT2D eigenvalue weighted by Crippen LogP contribution is -2.14. The molecule has 2 nitrogen and oxygen atoms in total. The lowest BCUT2D eigenvalue weighted by molar-refractivity contribution is -0.137. The van der Waals surface area contributed by atoms with Gasteiger partial charge in [-0.15, -0.1) is 0 Å². The van der Waals surface area contributed by atoms with E-state index in [-0.39, 0.29) is 5.97 Å². The van der Waals surface area contributed by atoms with Crippen molar-refractivity contribution in [3.8, 4) is 0 Å². The first-order valence-corrected chi connectivity index (χ1v) is 5.12. The van der Waals surface area contributed by atoms with Gasteiger partial charge in [0.25, 0.3) is 0 Å². The fraction of sp³-hybridized carbons (Fsp3) is 0.583. The highest BCUT2D eigenvalue weighted by molar-refractivity contribution is 5.67. The van der Waals surface area contributed by atoms with Gasteiger partial charge in [-0.1, -0.05) is 25.7 Å². The Balaban J connectivity index is 2.39. The van der Waals surface area contributed by atoms with Crippen LogP contribution in [0.15, 0.2) is 24.5 Å². The molecule has 0 spiro atoms. The molecular formula is C12H18O2. The van der Waals surface area contributed by atoms with E-state index in [9.17, 15) is 4.79 Å². The maximum Gasteiger partial charge on any atom is 0.307 e. The van der Waals surface area contributed by atoms with Crippen molar-refractivity contribution < 1.29 is 9.53 Å². The van der Waals surface area contributed by atoms with Crippen molar-refractivity contribution in [2.24, 2.45) is 11.8 Å². The monoisotopic (exact) mass is 194 g/mol. The smallest absolute Gasteiger partial charge is 0.307 e. The Labute approximate surface area is 85.6 Å². The first-order valence-electron chi connectivity index (χ1n) is 5.12. The summed E-state index contributed by atoms with van der Waals surface area (Å²) in [5.41, 5.74) is 0. The van der Waals surface area contributed by atoms with Crippen LogP contribution in [0, 0.1) is 11.8 Å². The highest BCUT2D eigenvalue weighted by Crippen LogP contribution is 2.29. The van der Waals surface area contributed by atoms with E-state index in [4.69, 9.17) is 4.74 Å². The lowest BCUT2D eigenvalue weighted by atomic mass is 9.83. The number of hydrogen-bond donors (Lipinski definition) is 0. The van der Waals surface area contributed by atoms with Crippen molar-refractivity contribution in [2.75, 3.05) is 0 Å². The third-order valence-corrected chi connectivity index (χ3v) is 2.67. The third-order valence-electron chi connectivity index (χ3n) is 2.67. The molecule has 0 unspecified atom stereocenters. The van der Waals surface area contributed by atoms with E-state index in [1.807, 2.05) is 0 Å². The number of ether oxygens (including phenoxy) is 1. The second kappa shape index (κ2) is 4.99. The normalized spacial score (nSPS) is 25.9. The molecule has 0 N–H and O–H groups in total. The van der Waals surface area contributed by atoms with E-state index >= 15 is 0 Å². The Morgan fingerprint density at radius 3 is 2.93 bits per heavy atom. The van der Waals surface area contributed by atoms with Crippen molar-refractivity contribution in [2.45, 2.75) is 33.1 Å². The van der Waals surface area contributed by atoms with Gasteiger partial charge in [0.1, 0.15) is 5.76 Å². The van der Waals surface area contributed by atoms with Crippen LogP contribution in [0.3, 0.4) is 0 Å². The Morgan fingerprint density at radius 2 is 2.36 bits per heavy atom. The van der Waals surface area contributed by atoms with Crippen molar-refractivity contribution in [3.05, 3.63) is 24.5 Å². The van der Waals surface area contributed by atoms with Gasteiger partial charge in [-0.25, -0.2) is 0 Å². The second-order valence-electron chi connectivity index (χ2n) is 3.96. The number of hydrogen-bond acceptors (Lipinski definition) is 2. The zero-order valence-electron chi connectivity index (χ0n) is 8.95. The summed E-state index contributed by atoms with van der Waals surface area (Å²) in [4.78, 5) is 10.7. The molecule has 0 saturated heterocycles. The van der Waals surface area contributed by atoms with E-state index < -0.39 is 0 Å². The summed E-state index contributed by atoms with van der Waals surface area (Å²) in [7, 11) is 0. The largest absolute Gasteiger partial charge is 0.432 e. The van der Waals surface area contributed by atoms with Gasteiger partial charge in [0, 0.05) is 13.3 Å². The van der Waals surface area contributed by atoms with Crippen LogP contribution in [0.5, 0.6) is 0 Å². The predicted molar refractivity (Wildman–Crippen MR) is 56.6 cm³/mol. The summed E-state index contributed by atoms with van der Waals surface area (Å²) >= 11 is 0. The number of carbonyl (C=O) groups excluding carboxylic acids is 1. The molecule has 2 atom stereocenters. The summed E-state index contributed by atoms with van der Waals surface area (Å²) < 4.78 is 4.94. The summed E-state index contributed by atoms with van der Waals surface area (Å²) in [6.45, 7) is 7.36. The number of rotatable bonds is 3. The predicted octanol–water partition coefficient (Wildman–Crippen LogP) is 3.06. The van der Waals surface area contributed by atoms with Gasteiger partial charge in [-0.05, 0) is 24.7 Å². The molecule has 1 rings (SSSR count). The van der Waals surface area contributed by atoms with Gasteiger partial charge in [0.05, 0.1) is 0 Å². The van der Waals surface area contributed by atoms with Crippen LogP contribution in [0.25, 0.3) is 0 Å². The van der Waals surface area contributed by atoms with E-state index in [0.717, 1.165) is 19.3 Å². The molecule has 0 heterocycles. The molecule has 0 fully saturated rings. The van der Waals surface area contributed by atoms with E-state index in [2.05, 4.69) is 25.7 Å². The molecule has 0 aliphatic heterocycles. The zero-order chi connectivity index (χ0) is 10.6. The zero-order valence-corrected chi connectivity index (χ0v) is 8.95. The van der Waals surface area contributed by atoms with Gasteiger partial charge in [-0.2, -0.15) is 0 Å². The fourth-order valence-corrected chi connectivity index (χ4v) is 1.87. The quantitative estimate of drug-likeness (QED) is 0.392. The van der Waals surface area contributed by atoms with Crippen LogP contribution in [-0.2, 0) is 9.53 Å². The first kappa shape index (κ1) is 11.0. The van der Waals surface area contributed by atoms with Gasteiger partial charge in [0.15, 0.2) is 0 Å². The van der Waals surface area contributed by atoms with Crippen LogP contribution in [0.4, 0.5) is 0 Å². The average Bonchev–Trinajstić information content (AvgIpc) is 2.07. The molecule has 0 saturated carbocycles. The van der Waals surface area contributed by atoms with Crippen LogP contribution in [0.1, 0.15) is 33.1 Å². The van der Waals surface area contributed by atoms with Crippen LogP contribution >= 0.6 is 0 Å². The van der Waals surface area contributed by atoms with Crippen molar-refractivity contribution in [3.63, 3.8) is 0 Å². The van der Waals surface area contributed by atoms with Gasteiger partial charge >= 0.3 is 5.97 Å². The molecule has 0 aromatic rings. The van der Waals surface area contributed by atoms with Gasteiger partial charge in [0.2, 0.25) is 0 Å². The van der Waals surface area contributed by atoms with E-state index in [1.165, 1.54) is 6.92 Å². The maximum absolute atomic E-state index is 10.7. The Morgan fingerprint density at radius 1 is 1.64 bits per heavy atom. The van der Waals surface area contributed by atoms with Gasteiger partial charge < -0.3 is 4.74 Å².